The lowest BCUT2D eigenvalue weighted by atomic mass is 10.1. The molecule has 22 heavy (non-hydrogen) atoms. The van der Waals surface area contributed by atoms with E-state index in [2.05, 4.69) is 36.0 Å². The maximum atomic E-state index is 11.1. The second-order valence-electron chi connectivity index (χ2n) is 4.87. The number of amides is 1. The van der Waals surface area contributed by atoms with Crippen molar-refractivity contribution >= 4 is 38.3 Å². The number of carbonyl (C=O) groups excluding carboxylic acids is 1. The van der Waals surface area contributed by atoms with Gasteiger partial charge in [-0.25, -0.2) is 4.98 Å². The molecule has 2 N–H and O–H groups in total. The molecule has 9 heteroatoms. The molecule has 2 aromatic heterocycles. The van der Waals surface area contributed by atoms with Gasteiger partial charge in [-0.3, -0.25) is 4.79 Å². The molecule has 1 amide bonds. The second kappa shape index (κ2) is 6.57. The molecular formula is C13H14BrN5O2S. The van der Waals surface area contributed by atoms with Crippen molar-refractivity contribution in [3.05, 3.63) is 27.9 Å². The number of halogens is 1. The first-order valence-electron chi connectivity index (χ1n) is 6.78. The largest absolute Gasteiger partial charge is 0.490 e. The van der Waals surface area contributed by atoms with Crippen LogP contribution in [0, 0.1) is 0 Å². The molecule has 3 rings (SSSR count). The summed E-state index contributed by atoms with van der Waals surface area (Å²) in [6, 6.07) is 3.71. The van der Waals surface area contributed by atoms with E-state index in [0.717, 1.165) is 41.4 Å². The summed E-state index contributed by atoms with van der Waals surface area (Å²) in [5.74, 6) is 0.275. The first-order valence-corrected chi connectivity index (χ1v) is 8.39. The molecule has 0 bridgehead atoms. The number of carbonyl (C=O) groups is 1. The van der Waals surface area contributed by atoms with Crippen LogP contribution in [0.1, 0.15) is 22.6 Å². The first-order chi connectivity index (χ1) is 10.6. The Morgan fingerprint density at radius 2 is 2.18 bits per heavy atom. The van der Waals surface area contributed by atoms with Crippen LogP contribution in [0.4, 0.5) is 5.13 Å². The second-order valence-corrected chi connectivity index (χ2v) is 6.64. The van der Waals surface area contributed by atoms with Crippen LogP contribution in [0.5, 0.6) is 5.75 Å². The third kappa shape index (κ3) is 3.53. The number of nitrogens with zero attached hydrogens (tertiary/aromatic N) is 4. The van der Waals surface area contributed by atoms with Gasteiger partial charge in [0.1, 0.15) is 16.5 Å². The van der Waals surface area contributed by atoms with Gasteiger partial charge in [-0.2, -0.15) is 0 Å². The van der Waals surface area contributed by atoms with E-state index in [0.29, 0.717) is 0 Å². The van der Waals surface area contributed by atoms with E-state index in [9.17, 15) is 4.79 Å². The highest BCUT2D eigenvalue weighted by Crippen LogP contribution is 2.26. The molecule has 1 aliphatic heterocycles. The molecule has 1 aliphatic rings. The molecule has 0 atom stereocenters. The van der Waals surface area contributed by atoms with Gasteiger partial charge in [0.2, 0.25) is 10.1 Å². The van der Waals surface area contributed by atoms with E-state index < -0.39 is 5.91 Å². The highest BCUT2D eigenvalue weighted by molar-refractivity contribution is 9.10. The lowest BCUT2D eigenvalue weighted by molar-refractivity contribution is 0.0999. The molecule has 0 spiro atoms. The molecule has 0 unspecified atom stereocenters. The fraction of sp³-hybridized carbons (Fsp3) is 0.385. The fourth-order valence-electron chi connectivity index (χ4n) is 2.26. The number of nitrogens with two attached hydrogens (primary N) is 1. The number of piperidine rings is 1. The lowest BCUT2D eigenvalue weighted by Crippen LogP contribution is -2.38. The van der Waals surface area contributed by atoms with Gasteiger partial charge in [0.15, 0.2) is 0 Å². The number of hydrogen-bond acceptors (Lipinski definition) is 7. The van der Waals surface area contributed by atoms with Gasteiger partial charge in [0, 0.05) is 38.2 Å². The number of anilines is 1. The summed E-state index contributed by atoms with van der Waals surface area (Å²) in [5, 5.41) is 8.80. The fourth-order valence-corrected chi connectivity index (χ4v) is 3.35. The molecule has 2 aromatic rings. The zero-order chi connectivity index (χ0) is 15.5. The smallest absolute Gasteiger partial charge is 0.279 e. The van der Waals surface area contributed by atoms with Crippen molar-refractivity contribution in [2.24, 2.45) is 5.73 Å². The number of primary amides is 1. The number of rotatable bonds is 4. The Balaban J connectivity index is 1.56. The normalized spacial score (nSPS) is 15.8. The zero-order valence-corrected chi connectivity index (χ0v) is 14.0. The van der Waals surface area contributed by atoms with Gasteiger partial charge >= 0.3 is 0 Å². The molecule has 0 radical (unpaired) electrons. The standard InChI is InChI=1S/C13H14BrN5O2S/c14-10-7-9(1-4-16-10)21-8-2-5-19(6-3-8)13-18-17-12(22-13)11(15)20/h1,4,7-8H,2-3,5-6H2,(H2,15,20). The third-order valence-corrected chi connectivity index (χ3v) is 4.77. The monoisotopic (exact) mass is 383 g/mol. The third-order valence-electron chi connectivity index (χ3n) is 3.34. The molecule has 0 aliphatic carbocycles. The minimum Gasteiger partial charge on any atom is -0.490 e. The first kappa shape index (κ1) is 15.2. The minimum absolute atomic E-state index is 0.161. The average molecular weight is 384 g/mol. The summed E-state index contributed by atoms with van der Waals surface area (Å²) in [5.41, 5.74) is 5.20. The van der Waals surface area contributed by atoms with Gasteiger partial charge in [-0.1, -0.05) is 11.3 Å². The minimum atomic E-state index is -0.537. The van der Waals surface area contributed by atoms with E-state index in [1.165, 1.54) is 11.3 Å². The quantitative estimate of drug-likeness (QED) is 0.809. The van der Waals surface area contributed by atoms with Crippen molar-refractivity contribution in [1.82, 2.24) is 15.2 Å². The van der Waals surface area contributed by atoms with Crippen LogP contribution in [0.25, 0.3) is 0 Å². The maximum Gasteiger partial charge on any atom is 0.279 e. The van der Waals surface area contributed by atoms with Crippen molar-refractivity contribution in [1.29, 1.82) is 0 Å². The highest BCUT2D eigenvalue weighted by Gasteiger charge is 2.23. The van der Waals surface area contributed by atoms with Crippen LogP contribution in [-0.4, -0.2) is 40.3 Å². The van der Waals surface area contributed by atoms with Gasteiger partial charge < -0.3 is 15.4 Å². The lowest BCUT2D eigenvalue weighted by Gasteiger charge is -2.31. The Morgan fingerprint density at radius 1 is 1.41 bits per heavy atom. The van der Waals surface area contributed by atoms with E-state index >= 15 is 0 Å². The molecule has 1 saturated heterocycles. The van der Waals surface area contributed by atoms with Crippen molar-refractivity contribution in [3.63, 3.8) is 0 Å². The average Bonchev–Trinajstić information content (AvgIpc) is 2.98. The number of hydrogen-bond donors (Lipinski definition) is 1. The summed E-state index contributed by atoms with van der Waals surface area (Å²) in [6.07, 6.45) is 3.63. The predicted molar refractivity (Wildman–Crippen MR) is 86.2 cm³/mol. The summed E-state index contributed by atoms with van der Waals surface area (Å²) in [7, 11) is 0. The van der Waals surface area contributed by atoms with Gasteiger partial charge in [-0.05, 0) is 22.0 Å². The molecular weight excluding hydrogens is 370 g/mol. The van der Waals surface area contributed by atoms with E-state index in [-0.39, 0.29) is 11.1 Å². The zero-order valence-electron chi connectivity index (χ0n) is 11.6. The maximum absolute atomic E-state index is 11.1. The Labute approximate surface area is 139 Å². The SMILES string of the molecule is NC(=O)c1nnc(N2CCC(Oc3ccnc(Br)c3)CC2)s1. The summed E-state index contributed by atoms with van der Waals surface area (Å²) in [4.78, 5) is 17.2. The van der Waals surface area contributed by atoms with Crippen molar-refractivity contribution in [2.45, 2.75) is 18.9 Å². The van der Waals surface area contributed by atoms with E-state index in [4.69, 9.17) is 10.5 Å². The van der Waals surface area contributed by atoms with Crippen molar-refractivity contribution in [2.75, 3.05) is 18.0 Å². The van der Waals surface area contributed by atoms with Crippen LogP contribution < -0.4 is 15.4 Å². The van der Waals surface area contributed by atoms with E-state index in [1.54, 1.807) is 6.20 Å². The Hall–Kier alpha value is -1.74. The summed E-state index contributed by atoms with van der Waals surface area (Å²) < 4.78 is 6.72. The molecule has 1 fully saturated rings. The summed E-state index contributed by atoms with van der Waals surface area (Å²) >= 11 is 4.56. The highest BCUT2D eigenvalue weighted by atomic mass is 79.9. The van der Waals surface area contributed by atoms with Crippen LogP contribution in [0.15, 0.2) is 22.9 Å². The number of ether oxygens (including phenoxy) is 1. The van der Waals surface area contributed by atoms with Gasteiger partial charge in [-0.15, -0.1) is 10.2 Å². The van der Waals surface area contributed by atoms with Crippen molar-refractivity contribution in [3.8, 4) is 5.75 Å². The molecule has 3 heterocycles. The Morgan fingerprint density at radius 3 is 2.82 bits per heavy atom. The number of pyridine rings is 1. The van der Waals surface area contributed by atoms with E-state index in [1.807, 2.05) is 12.1 Å². The number of aromatic nitrogens is 3. The molecule has 0 saturated carbocycles. The molecule has 7 nitrogen and oxygen atoms in total. The summed E-state index contributed by atoms with van der Waals surface area (Å²) in [6.45, 7) is 1.62. The Bertz CT molecular complexity index is 672. The van der Waals surface area contributed by atoms with Gasteiger partial charge in [0.05, 0.1) is 0 Å². The van der Waals surface area contributed by atoms with Crippen LogP contribution >= 0.6 is 27.3 Å². The molecule has 0 aromatic carbocycles. The van der Waals surface area contributed by atoms with Gasteiger partial charge in [0.25, 0.3) is 5.91 Å². The topological polar surface area (TPSA) is 94.2 Å². The van der Waals surface area contributed by atoms with Crippen LogP contribution in [0.3, 0.4) is 0 Å². The Kier molecular flexibility index (Phi) is 4.53. The van der Waals surface area contributed by atoms with Crippen LogP contribution in [0.2, 0.25) is 0 Å². The predicted octanol–water partition coefficient (Wildman–Crippen LogP) is 1.84. The van der Waals surface area contributed by atoms with Crippen molar-refractivity contribution < 1.29 is 9.53 Å². The van der Waals surface area contributed by atoms with Crippen LogP contribution in [-0.2, 0) is 0 Å². The molecule has 116 valence electrons.